The van der Waals surface area contributed by atoms with Crippen LogP contribution in [-0.2, 0) is 4.74 Å². The van der Waals surface area contributed by atoms with E-state index in [4.69, 9.17) is 4.74 Å². The normalized spacial score (nSPS) is 17.2. The maximum Gasteiger partial charge on any atom is 0.115 e. The first-order chi connectivity index (χ1) is 16.1. The molecule has 0 N–H and O–H groups in total. The number of hydrogen-bond acceptors (Lipinski definition) is 2. The van der Waals surface area contributed by atoms with Crippen LogP contribution in [0.3, 0.4) is 0 Å². The Balaban J connectivity index is 2.38. The molecule has 0 aromatic carbocycles. The molecule has 2 nitrogen and oxygen atoms in total. The van der Waals surface area contributed by atoms with Gasteiger partial charge in [-0.3, -0.25) is 0 Å². The van der Waals surface area contributed by atoms with E-state index >= 15 is 0 Å². The molecule has 2 heteroatoms. The quantitative estimate of drug-likeness (QED) is 0.140. The molecule has 1 rings (SSSR count). The molecule has 0 spiro atoms. The number of rotatable bonds is 19. The minimum absolute atomic E-state index is 0.0761. The first-order valence-corrected chi connectivity index (χ1v) is 15.0. The monoisotopic (exact) mass is 461 g/mol. The Hall–Kier alpha value is -0.520. The Morgan fingerprint density at radius 2 is 1.24 bits per heavy atom. The van der Waals surface area contributed by atoms with Crippen molar-refractivity contribution in [3.8, 4) is 11.8 Å². The van der Waals surface area contributed by atoms with Crippen molar-refractivity contribution >= 4 is 0 Å². The van der Waals surface area contributed by atoms with Gasteiger partial charge in [-0.2, -0.15) is 0 Å². The lowest BCUT2D eigenvalue weighted by Crippen LogP contribution is -2.40. The van der Waals surface area contributed by atoms with Crippen LogP contribution in [0.4, 0.5) is 0 Å². The standard InChI is InChI=1S/C31H59NO/c1-6-10-12-14-16-20-30(19-15-13-11-7-2)27-32-25-23-31(24-26-32)33-28(5)21-22-29(17-8-3)18-9-4/h28-31H,6-20,23-27H2,1-5H3/t28-,30?/m1/s1. The van der Waals surface area contributed by atoms with Crippen LogP contribution in [0, 0.1) is 23.7 Å². The van der Waals surface area contributed by atoms with Crippen LogP contribution in [0.1, 0.15) is 144 Å². The van der Waals surface area contributed by atoms with Gasteiger partial charge in [-0.25, -0.2) is 0 Å². The zero-order chi connectivity index (χ0) is 24.2. The van der Waals surface area contributed by atoms with Gasteiger partial charge in [0.1, 0.15) is 6.10 Å². The van der Waals surface area contributed by atoms with E-state index < -0.39 is 0 Å². The van der Waals surface area contributed by atoms with Crippen LogP contribution in [0.15, 0.2) is 0 Å². The van der Waals surface area contributed by atoms with Crippen LogP contribution < -0.4 is 0 Å². The summed E-state index contributed by atoms with van der Waals surface area (Å²) in [7, 11) is 0. The van der Waals surface area contributed by atoms with Crippen molar-refractivity contribution in [2.24, 2.45) is 11.8 Å². The fraction of sp³-hybridized carbons (Fsp3) is 0.935. The summed E-state index contributed by atoms with van der Waals surface area (Å²) in [5, 5.41) is 0. The average Bonchev–Trinajstić information content (AvgIpc) is 2.81. The molecule has 1 unspecified atom stereocenters. The van der Waals surface area contributed by atoms with Crippen LogP contribution in [0.5, 0.6) is 0 Å². The van der Waals surface area contributed by atoms with Gasteiger partial charge in [0.2, 0.25) is 0 Å². The number of ether oxygens (including phenoxy) is 1. The lowest BCUT2D eigenvalue weighted by Gasteiger charge is -2.35. The van der Waals surface area contributed by atoms with E-state index in [0.717, 1.165) is 5.92 Å². The lowest BCUT2D eigenvalue weighted by atomic mass is 9.93. The highest BCUT2D eigenvalue weighted by Gasteiger charge is 2.23. The van der Waals surface area contributed by atoms with Crippen LogP contribution >= 0.6 is 0 Å². The van der Waals surface area contributed by atoms with E-state index in [1.54, 1.807) is 0 Å². The first-order valence-electron chi connectivity index (χ1n) is 15.0. The third-order valence-corrected chi connectivity index (χ3v) is 7.39. The van der Waals surface area contributed by atoms with Crippen molar-refractivity contribution in [3.63, 3.8) is 0 Å². The van der Waals surface area contributed by atoms with E-state index in [0.29, 0.717) is 12.0 Å². The van der Waals surface area contributed by atoms with E-state index in [2.05, 4.69) is 51.4 Å². The molecule has 0 aliphatic carbocycles. The Kier molecular flexibility index (Phi) is 19.2. The van der Waals surface area contributed by atoms with E-state index in [9.17, 15) is 0 Å². The van der Waals surface area contributed by atoms with Gasteiger partial charge in [0.25, 0.3) is 0 Å². The van der Waals surface area contributed by atoms with Gasteiger partial charge in [0.05, 0.1) is 6.10 Å². The van der Waals surface area contributed by atoms with Crippen LogP contribution in [0.25, 0.3) is 0 Å². The molecule has 0 bridgehead atoms. The van der Waals surface area contributed by atoms with Gasteiger partial charge in [0, 0.05) is 25.6 Å². The fourth-order valence-electron chi connectivity index (χ4n) is 5.36. The summed E-state index contributed by atoms with van der Waals surface area (Å²) in [6.07, 6.45) is 23.3. The summed E-state index contributed by atoms with van der Waals surface area (Å²) in [6.45, 7) is 15.0. The second-order valence-electron chi connectivity index (χ2n) is 10.8. The Morgan fingerprint density at radius 1 is 0.697 bits per heavy atom. The maximum absolute atomic E-state index is 6.35. The van der Waals surface area contributed by atoms with Crippen molar-refractivity contribution in [1.29, 1.82) is 0 Å². The van der Waals surface area contributed by atoms with Crippen molar-refractivity contribution in [3.05, 3.63) is 0 Å². The third kappa shape index (κ3) is 15.9. The highest BCUT2D eigenvalue weighted by atomic mass is 16.5. The minimum Gasteiger partial charge on any atom is -0.362 e. The van der Waals surface area contributed by atoms with Gasteiger partial charge >= 0.3 is 0 Å². The van der Waals surface area contributed by atoms with Gasteiger partial charge in [-0.15, -0.1) is 0 Å². The lowest BCUT2D eigenvalue weighted by molar-refractivity contribution is -0.0146. The van der Waals surface area contributed by atoms with Gasteiger partial charge < -0.3 is 9.64 Å². The molecule has 0 radical (unpaired) electrons. The molecule has 0 aromatic rings. The molecule has 1 fully saturated rings. The summed E-state index contributed by atoms with van der Waals surface area (Å²) in [6, 6.07) is 0. The molecule has 1 heterocycles. The minimum atomic E-state index is 0.0761. The number of hydrogen-bond donors (Lipinski definition) is 0. The molecular formula is C31H59NO. The van der Waals surface area contributed by atoms with Crippen LogP contribution in [0.2, 0.25) is 0 Å². The topological polar surface area (TPSA) is 12.5 Å². The van der Waals surface area contributed by atoms with E-state index in [1.807, 2.05) is 0 Å². The van der Waals surface area contributed by atoms with Crippen molar-refractivity contribution in [2.75, 3.05) is 19.6 Å². The summed E-state index contributed by atoms with van der Waals surface area (Å²) in [4.78, 5) is 2.74. The second-order valence-corrected chi connectivity index (χ2v) is 10.8. The van der Waals surface area contributed by atoms with Gasteiger partial charge in [-0.05, 0) is 51.4 Å². The number of piperidine rings is 1. The Morgan fingerprint density at radius 3 is 1.79 bits per heavy atom. The van der Waals surface area contributed by atoms with E-state index in [1.165, 1.54) is 129 Å². The zero-order valence-corrected chi connectivity index (χ0v) is 23.3. The van der Waals surface area contributed by atoms with E-state index in [-0.39, 0.29) is 6.10 Å². The first kappa shape index (κ1) is 30.5. The predicted molar refractivity (Wildman–Crippen MR) is 147 cm³/mol. The molecule has 1 saturated heterocycles. The fourth-order valence-corrected chi connectivity index (χ4v) is 5.36. The van der Waals surface area contributed by atoms with Crippen molar-refractivity contribution in [1.82, 2.24) is 4.90 Å². The van der Waals surface area contributed by atoms with Gasteiger partial charge in [0.15, 0.2) is 0 Å². The maximum atomic E-state index is 6.35. The highest BCUT2D eigenvalue weighted by Crippen LogP contribution is 2.23. The highest BCUT2D eigenvalue weighted by molar-refractivity contribution is 5.07. The largest absolute Gasteiger partial charge is 0.362 e. The molecular weight excluding hydrogens is 402 g/mol. The number of likely N-dealkylation sites (tertiary alicyclic amines) is 1. The molecule has 1 aliphatic heterocycles. The smallest absolute Gasteiger partial charge is 0.115 e. The molecule has 194 valence electrons. The molecule has 33 heavy (non-hydrogen) atoms. The summed E-state index contributed by atoms with van der Waals surface area (Å²) < 4.78 is 6.35. The number of nitrogens with zero attached hydrogens (tertiary/aromatic N) is 1. The molecule has 2 atom stereocenters. The molecule has 0 aromatic heterocycles. The Labute approximate surface area is 209 Å². The third-order valence-electron chi connectivity index (χ3n) is 7.39. The predicted octanol–water partition coefficient (Wildman–Crippen LogP) is 9.02. The SMILES string of the molecule is CCCCCCCC(CCCCCC)CN1CCC(O[C@H](C)C#CC(CCC)CCC)CC1. The number of unbranched alkanes of at least 4 members (excludes halogenated alkanes) is 7. The van der Waals surface area contributed by atoms with Crippen LogP contribution in [-0.4, -0.2) is 36.7 Å². The summed E-state index contributed by atoms with van der Waals surface area (Å²) in [5.74, 6) is 8.41. The van der Waals surface area contributed by atoms with Gasteiger partial charge in [-0.1, -0.05) is 110 Å². The molecule has 0 amide bonds. The average molecular weight is 462 g/mol. The van der Waals surface area contributed by atoms with Crippen molar-refractivity contribution in [2.45, 2.75) is 156 Å². The molecule has 0 saturated carbocycles. The Bertz CT molecular complexity index is 479. The second kappa shape index (κ2) is 20.8. The summed E-state index contributed by atoms with van der Waals surface area (Å²) >= 11 is 0. The van der Waals surface area contributed by atoms with Crippen molar-refractivity contribution < 1.29 is 4.74 Å². The summed E-state index contributed by atoms with van der Waals surface area (Å²) in [5.41, 5.74) is 0. The molecule has 1 aliphatic rings. The zero-order valence-electron chi connectivity index (χ0n) is 23.3.